The first kappa shape index (κ1) is 39.8. The van der Waals surface area contributed by atoms with Crippen molar-refractivity contribution in [3.05, 3.63) is 118 Å². The number of rotatable bonds is 8. The predicted octanol–water partition coefficient (Wildman–Crippen LogP) is 13.2. The topological polar surface area (TPSA) is 24.7 Å². The normalized spacial score (nSPS) is 33.4. The van der Waals surface area contributed by atoms with Gasteiger partial charge >= 0.3 is 7.25 Å². The number of hydrogen-bond acceptors (Lipinski definition) is 3. The Morgan fingerprint density at radius 1 is 0.567 bits per heavy atom. The van der Waals surface area contributed by atoms with Gasteiger partial charge in [0.1, 0.15) is 22.9 Å². The van der Waals surface area contributed by atoms with E-state index in [1.807, 2.05) is 14.2 Å². The number of methoxy groups -OCH3 is 2. The lowest BCUT2D eigenvalue weighted by Crippen LogP contribution is -2.48. The minimum absolute atomic E-state index is 0.0735. The highest BCUT2D eigenvalue weighted by Gasteiger charge is 2.55. The third-order valence-corrected chi connectivity index (χ3v) is 16.2. The van der Waals surface area contributed by atoms with Crippen molar-refractivity contribution in [3.63, 3.8) is 0 Å². The molecule has 0 amide bonds. The molecule has 8 fully saturated rings. The zero-order valence-corrected chi connectivity index (χ0v) is 35.6. The van der Waals surface area contributed by atoms with E-state index in [0.29, 0.717) is 0 Å². The molecule has 0 radical (unpaired) electrons. The Balaban J connectivity index is 0.000000820. The van der Waals surface area contributed by atoms with Crippen LogP contribution in [-0.4, -0.2) is 32.4 Å². The summed E-state index contributed by atoms with van der Waals surface area (Å²) in [5.41, 5.74) is 11.2. The number of ether oxygens (including phenoxy) is 2. The molecule has 60 heavy (non-hydrogen) atoms. The van der Waals surface area contributed by atoms with E-state index in [0.717, 1.165) is 47.0 Å². The Labute approximate surface area is 353 Å². The number of anilines is 1. The molecule has 0 N–H and O–H groups in total. The van der Waals surface area contributed by atoms with Crippen LogP contribution in [0.3, 0.4) is 0 Å². The van der Waals surface area contributed by atoms with Gasteiger partial charge in [0.25, 0.3) is 0 Å². The van der Waals surface area contributed by atoms with Gasteiger partial charge in [-0.05, 0) is 173 Å². The van der Waals surface area contributed by atoms with Gasteiger partial charge in [-0.1, -0.05) is 60.7 Å². The van der Waals surface area contributed by atoms with Crippen LogP contribution in [0.4, 0.5) is 28.6 Å². The monoisotopic (exact) mass is 818 g/mol. The number of halogens is 4. The average molecular weight is 819 g/mol. The fourth-order valence-electron chi connectivity index (χ4n) is 14.9. The van der Waals surface area contributed by atoms with Crippen molar-refractivity contribution >= 4 is 25.0 Å². The van der Waals surface area contributed by atoms with Crippen LogP contribution in [0.5, 0.6) is 11.5 Å². The minimum Gasteiger partial charge on any atom is -0.496 e. The Kier molecular flexibility index (Phi) is 9.94. The van der Waals surface area contributed by atoms with Crippen LogP contribution in [0.1, 0.15) is 123 Å². The molecule has 0 spiro atoms. The summed E-state index contributed by atoms with van der Waals surface area (Å²) >= 11 is 0. The molecule has 13 rings (SSSR count). The highest BCUT2D eigenvalue weighted by molar-refractivity contribution is 6.50. The van der Waals surface area contributed by atoms with Crippen molar-refractivity contribution in [1.29, 1.82) is 0 Å². The van der Waals surface area contributed by atoms with Crippen LogP contribution in [0.2, 0.25) is 0 Å². The second kappa shape index (κ2) is 15.0. The van der Waals surface area contributed by atoms with Crippen molar-refractivity contribution in [2.24, 2.45) is 35.5 Å². The summed E-state index contributed by atoms with van der Waals surface area (Å²) in [7, 11) is -2.21. The van der Waals surface area contributed by atoms with E-state index in [2.05, 4.69) is 115 Å². The zero-order chi connectivity index (χ0) is 41.6. The highest BCUT2D eigenvalue weighted by Crippen LogP contribution is 2.64. The van der Waals surface area contributed by atoms with Crippen LogP contribution in [0, 0.1) is 49.4 Å². The molecule has 9 aliphatic rings. The van der Waals surface area contributed by atoms with E-state index in [9.17, 15) is 17.3 Å². The van der Waals surface area contributed by atoms with Gasteiger partial charge in [-0.2, -0.15) is 0 Å². The Hall–Kier alpha value is -4.27. The molecule has 9 heteroatoms. The fourth-order valence-corrected chi connectivity index (χ4v) is 14.9. The summed E-state index contributed by atoms with van der Waals surface area (Å²) in [5, 5.41) is 0. The second-order valence-electron chi connectivity index (χ2n) is 20.2. The van der Waals surface area contributed by atoms with Crippen molar-refractivity contribution < 1.29 is 31.3 Å². The smallest absolute Gasteiger partial charge is 0.496 e. The maximum atomic E-state index is 9.75. The van der Waals surface area contributed by atoms with Gasteiger partial charge in [0, 0.05) is 22.3 Å². The lowest BCUT2D eigenvalue weighted by atomic mass is 9.48. The maximum absolute atomic E-state index is 9.75. The first-order valence-electron chi connectivity index (χ1n) is 22.6. The summed E-state index contributed by atoms with van der Waals surface area (Å²) in [6.07, 6.45) is 19.1. The molecule has 8 saturated carbocycles. The molecule has 0 unspecified atom stereocenters. The fraction of sp³-hybridized carbons (Fsp3) is 0.510. The third kappa shape index (κ3) is 7.04. The van der Waals surface area contributed by atoms with E-state index in [-0.39, 0.29) is 22.9 Å². The number of hydrogen-bond donors (Lipinski definition) is 0. The first-order chi connectivity index (χ1) is 28.8. The highest BCUT2D eigenvalue weighted by atomic mass is 19.5. The van der Waals surface area contributed by atoms with Crippen molar-refractivity contribution in [2.75, 3.05) is 19.1 Å². The van der Waals surface area contributed by atoms with E-state index in [1.165, 1.54) is 122 Å². The molecule has 8 aliphatic carbocycles. The predicted molar refractivity (Wildman–Crippen MR) is 232 cm³/mol. The molecular formula is C51H59BF4N2O2. The van der Waals surface area contributed by atoms with E-state index in [1.54, 1.807) is 0 Å². The second-order valence-corrected chi connectivity index (χ2v) is 20.2. The van der Waals surface area contributed by atoms with Crippen LogP contribution < -0.4 is 14.4 Å². The SMILES string of the molecule is COc1cc(C)c(N2C=[N+](c3cc(C45CC6CC(CC(C6)C4)C5)c(OC)cc3C)[C@H](c3ccccc3)[C@H]2c2ccccc2)cc1C12CC3CC(CC(C3)C1)C2.F[B-](F)(F)F. The van der Waals surface area contributed by atoms with Gasteiger partial charge in [0.05, 0.1) is 14.2 Å². The molecule has 2 atom stereocenters. The van der Waals surface area contributed by atoms with Crippen LogP contribution in [0.15, 0.2) is 84.9 Å². The standard InChI is InChI=1S/C51H59N2O2.BF4/c1-32-15-46(54-3)42(50-25-34-17-35(26-50)19-36(18-34)27-50)23-44(32)52-31-53(49(41-13-9-6-10-14-41)48(52)40-11-7-5-8-12-40)45-24-43(47(55-4)16-33(45)2)51-28-37-20-38(29-51)22-39(21-37)30-51;2-1(3,4)5/h5-16,23-24,31,34-39,48-49H,17-22,25-30H2,1-4H3;/q+1;-1/t34?,35?,36?,37?,38?,39?,48-,49-,50?,51?;/m1./s1. The molecule has 8 bridgehead atoms. The van der Waals surface area contributed by atoms with Crippen LogP contribution in [0.25, 0.3) is 0 Å². The van der Waals surface area contributed by atoms with Crippen molar-refractivity contribution in [2.45, 2.75) is 114 Å². The van der Waals surface area contributed by atoms with E-state index in [4.69, 9.17) is 9.47 Å². The van der Waals surface area contributed by atoms with E-state index >= 15 is 0 Å². The van der Waals surface area contributed by atoms with Gasteiger partial charge < -0.3 is 26.7 Å². The first-order valence-corrected chi connectivity index (χ1v) is 22.6. The van der Waals surface area contributed by atoms with Crippen molar-refractivity contribution in [3.8, 4) is 11.5 Å². The summed E-state index contributed by atoms with van der Waals surface area (Å²) in [6, 6.07) is 32.7. The Morgan fingerprint density at radius 2 is 0.967 bits per heavy atom. The summed E-state index contributed by atoms with van der Waals surface area (Å²) < 4.78 is 54.3. The number of benzene rings is 4. The molecule has 4 aromatic carbocycles. The zero-order valence-electron chi connectivity index (χ0n) is 35.6. The lowest BCUT2D eigenvalue weighted by molar-refractivity contribution is -0.482. The maximum Gasteiger partial charge on any atom is 0.673 e. The van der Waals surface area contributed by atoms with Crippen molar-refractivity contribution in [1.82, 2.24) is 0 Å². The van der Waals surface area contributed by atoms with Gasteiger partial charge in [-0.15, -0.1) is 0 Å². The average Bonchev–Trinajstić information content (AvgIpc) is 3.59. The minimum atomic E-state index is -6.00. The van der Waals surface area contributed by atoms with Gasteiger partial charge in [0.15, 0.2) is 12.1 Å². The molecule has 4 nitrogen and oxygen atoms in total. The van der Waals surface area contributed by atoms with Gasteiger partial charge in [-0.25, -0.2) is 9.48 Å². The van der Waals surface area contributed by atoms with Crippen LogP contribution >= 0.6 is 0 Å². The molecule has 1 aliphatic heterocycles. The molecule has 1 heterocycles. The van der Waals surface area contributed by atoms with Gasteiger partial charge in [0.2, 0.25) is 6.34 Å². The molecule has 0 aromatic heterocycles. The summed E-state index contributed by atoms with van der Waals surface area (Å²) in [5.74, 6) is 7.42. The van der Waals surface area contributed by atoms with Crippen LogP contribution in [-0.2, 0) is 10.8 Å². The van der Waals surface area contributed by atoms with E-state index < -0.39 is 7.25 Å². The molecule has 316 valence electrons. The Bertz CT molecular complexity index is 2200. The summed E-state index contributed by atoms with van der Waals surface area (Å²) in [4.78, 5) is 2.65. The molecular weight excluding hydrogens is 759 g/mol. The number of aryl methyl sites for hydroxylation is 2. The third-order valence-electron chi connectivity index (χ3n) is 16.2. The lowest BCUT2D eigenvalue weighted by Gasteiger charge is -2.57. The quantitative estimate of drug-likeness (QED) is 0.101. The largest absolute Gasteiger partial charge is 0.673 e. The number of nitrogens with zero attached hydrogens (tertiary/aromatic N) is 2. The Morgan fingerprint density at radius 3 is 1.40 bits per heavy atom. The molecule has 4 aromatic rings. The summed E-state index contributed by atoms with van der Waals surface area (Å²) in [6.45, 7) is 4.61. The van der Waals surface area contributed by atoms with Gasteiger partial charge in [-0.3, -0.25) is 0 Å². The molecule has 0 saturated heterocycles.